The predicted molar refractivity (Wildman–Crippen MR) is 110 cm³/mol. The number of aliphatic imine (C=N–C) groups is 1. The Morgan fingerprint density at radius 1 is 1.18 bits per heavy atom. The van der Waals surface area contributed by atoms with Crippen LogP contribution in [-0.2, 0) is 29.4 Å². The molecular formula is C20H26N4O3S. The number of nitrogens with one attached hydrogen (secondary N) is 2. The van der Waals surface area contributed by atoms with Gasteiger partial charge in [-0.3, -0.25) is 0 Å². The van der Waals surface area contributed by atoms with Gasteiger partial charge in [-0.1, -0.05) is 24.3 Å². The van der Waals surface area contributed by atoms with Gasteiger partial charge in [0.25, 0.3) is 0 Å². The van der Waals surface area contributed by atoms with Crippen molar-refractivity contribution in [3.63, 3.8) is 0 Å². The Hall–Kier alpha value is -2.58. The van der Waals surface area contributed by atoms with Crippen molar-refractivity contribution in [2.45, 2.75) is 31.2 Å². The average molecular weight is 403 g/mol. The van der Waals surface area contributed by atoms with Gasteiger partial charge < -0.3 is 15.4 Å². The molecule has 7 nitrogen and oxygen atoms in total. The van der Waals surface area contributed by atoms with Crippen molar-refractivity contribution in [1.29, 1.82) is 0 Å². The SMILES string of the molecule is CCNC(=NCc1cccc(S(N)(=O)=O)c1)NCCc1ccc2c(c1)CCO2. The molecule has 0 aliphatic carbocycles. The van der Waals surface area contributed by atoms with Gasteiger partial charge >= 0.3 is 0 Å². The smallest absolute Gasteiger partial charge is 0.238 e. The monoisotopic (exact) mass is 402 g/mol. The molecule has 0 saturated heterocycles. The summed E-state index contributed by atoms with van der Waals surface area (Å²) in [6, 6.07) is 12.9. The Balaban J connectivity index is 1.58. The maximum atomic E-state index is 11.5. The van der Waals surface area contributed by atoms with Gasteiger partial charge in [-0.2, -0.15) is 0 Å². The first kappa shape index (κ1) is 20.2. The van der Waals surface area contributed by atoms with Crippen LogP contribution in [0.3, 0.4) is 0 Å². The van der Waals surface area contributed by atoms with Crippen LogP contribution in [0.2, 0.25) is 0 Å². The van der Waals surface area contributed by atoms with Gasteiger partial charge in [0.2, 0.25) is 10.0 Å². The Morgan fingerprint density at radius 3 is 2.82 bits per heavy atom. The number of nitrogens with two attached hydrogens (primary N) is 1. The summed E-state index contributed by atoms with van der Waals surface area (Å²) in [5, 5.41) is 11.7. The Labute approximate surface area is 166 Å². The second-order valence-electron chi connectivity index (χ2n) is 6.60. The molecule has 0 fully saturated rings. The zero-order valence-electron chi connectivity index (χ0n) is 15.9. The molecule has 0 radical (unpaired) electrons. The summed E-state index contributed by atoms with van der Waals surface area (Å²) in [5.41, 5.74) is 3.31. The van der Waals surface area contributed by atoms with Crippen LogP contribution in [0.1, 0.15) is 23.6 Å². The molecule has 8 heteroatoms. The van der Waals surface area contributed by atoms with E-state index >= 15 is 0 Å². The maximum absolute atomic E-state index is 11.5. The summed E-state index contributed by atoms with van der Waals surface area (Å²) in [7, 11) is -3.71. The van der Waals surface area contributed by atoms with E-state index in [4.69, 9.17) is 9.88 Å². The van der Waals surface area contributed by atoms with E-state index < -0.39 is 10.0 Å². The maximum Gasteiger partial charge on any atom is 0.238 e. The van der Waals surface area contributed by atoms with E-state index in [-0.39, 0.29) is 4.90 Å². The lowest BCUT2D eigenvalue weighted by Crippen LogP contribution is -2.38. The molecule has 1 aliphatic heterocycles. The number of fused-ring (bicyclic) bond motifs is 1. The van der Waals surface area contributed by atoms with E-state index in [2.05, 4.69) is 27.8 Å². The highest BCUT2D eigenvalue weighted by Crippen LogP contribution is 2.25. The Kier molecular flexibility index (Phi) is 6.53. The third-order valence-corrected chi connectivity index (χ3v) is 5.36. The van der Waals surface area contributed by atoms with E-state index in [1.807, 2.05) is 19.1 Å². The van der Waals surface area contributed by atoms with Crippen LogP contribution >= 0.6 is 0 Å². The van der Waals surface area contributed by atoms with Crippen molar-refractivity contribution in [3.05, 3.63) is 59.2 Å². The normalized spacial score (nSPS) is 13.7. The average Bonchev–Trinajstić information content (AvgIpc) is 3.13. The zero-order chi connectivity index (χ0) is 20.0. The zero-order valence-corrected chi connectivity index (χ0v) is 16.8. The second kappa shape index (κ2) is 9.07. The van der Waals surface area contributed by atoms with Gasteiger partial charge in [0.05, 0.1) is 18.0 Å². The number of sulfonamides is 1. The number of hydrogen-bond donors (Lipinski definition) is 3. The van der Waals surface area contributed by atoms with Crippen LogP contribution in [0.25, 0.3) is 0 Å². The van der Waals surface area contributed by atoms with Gasteiger partial charge in [0.1, 0.15) is 5.75 Å². The second-order valence-corrected chi connectivity index (χ2v) is 8.17. The minimum absolute atomic E-state index is 0.0961. The number of nitrogens with zero attached hydrogens (tertiary/aromatic N) is 1. The van der Waals surface area contributed by atoms with Crippen molar-refractivity contribution < 1.29 is 13.2 Å². The lowest BCUT2D eigenvalue weighted by atomic mass is 10.1. The van der Waals surface area contributed by atoms with Crippen LogP contribution < -0.4 is 20.5 Å². The van der Waals surface area contributed by atoms with Crippen LogP contribution in [0.4, 0.5) is 0 Å². The largest absolute Gasteiger partial charge is 0.493 e. The van der Waals surface area contributed by atoms with E-state index in [0.29, 0.717) is 12.5 Å². The molecule has 28 heavy (non-hydrogen) atoms. The van der Waals surface area contributed by atoms with Crippen molar-refractivity contribution in [3.8, 4) is 5.75 Å². The third kappa shape index (κ3) is 5.46. The van der Waals surface area contributed by atoms with E-state index in [1.165, 1.54) is 17.2 Å². The standard InChI is InChI=1S/C20H26N4O3S/c1-2-22-20(24-14-16-4-3-5-18(13-16)28(21,25)26)23-10-8-15-6-7-19-17(12-15)9-11-27-19/h3-7,12-13H,2,8-11,14H2,1H3,(H2,21,25,26)(H2,22,23,24). The fourth-order valence-corrected chi connectivity index (χ4v) is 3.64. The number of ether oxygens (including phenoxy) is 1. The fourth-order valence-electron chi connectivity index (χ4n) is 3.05. The first-order valence-corrected chi connectivity index (χ1v) is 10.9. The van der Waals surface area contributed by atoms with Crippen LogP contribution in [0.5, 0.6) is 5.75 Å². The predicted octanol–water partition coefficient (Wildman–Crippen LogP) is 1.57. The summed E-state index contributed by atoms with van der Waals surface area (Å²) >= 11 is 0. The molecular weight excluding hydrogens is 376 g/mol. The van der Waals surface area contributed by atoms with Gasteiger partial charge in [0.15, 0.2) is 5.96 Å². The molecule has 0 saturated carbocycles. The molecule has 0 atom stereocenters. The molecule has 0 unspecified atom stereocenters. The van der Waals surface area contributed by atoms with Crippen LogP contribution in [0, 0.1) is 0 Å². The highest BCUT2D eigenvalue weighted by atomic mass is 32.2. The fraction of sp³-hybridized carbons (Fsp3) is 0.350. The molecule has 0 bridgehead atoms. The molecule has 1 aliphatic rings. The van der Waals surface area contributed by atoms with Crippen molar-refractivity contribution in [2.75, 3.05) is 19.7 Å². The summed E-state index contributed by atoms with van der Waals surface area (Å²) in [5.74, 6) is 1.68. The number of benzene rings is 2. The first-order valence-electron chi connectivity index (χ1n) is 9.34. The van der Waals surface area contributed by atoms with Gasteiger partial charge in [-0.05, 0) is 48.2 Å². The molecule has 0 spiro atoms. The van der Waals surface area contributed by atoms with E-state index in [0.717, 1.165) is 43.9 Å². The topological polar surface area (TPSA) is 106 Å². The van der Waals surface area contributed by atoms with Crippen molar-refractivity contribution >= 4 is 16.0 Å². The van der Waals surface area contributed by atoms with Gasteiger partial charge in [0, 0.05) is 19.5 Å². The lowest BCUT2D eigenvalue weighted by Gasteiger charge is -2.12. The van der Waals surface area contributed by atoms with Crippen LogP contribution in [0.15, 0.2) is 52.4 Å². The molecule has 3 rings (SSSR count). The quantitative estimate of drug-likeness (QED) is 0.481. The minimum atomic E-state index is -3.71. The molecule has 1 heterocycles. The first-order chi connectivity index (χ1) is 13.5. The van der Waals surface area contributed by atoms with E-state index in [1.54, 1.807) is 12.1 Å². The molecule has 2 aromatic rings. The van der Waals surface area contributed by atoms with Gasteiger partial charge in [-0.15, -0.1) is 0 Å². The van der Waals surface area contributed by atoms with Crippen LogP contribution in [-0.4, -0.2) is 34.1 Å². The minimum Gasteiger partial charge on any atom is -0.493 e. The molecule has 150 valence electrons. The number of guanidine groups is 1. The van der Waals surface area contributed by atoms with Crippen molar-refractivity contribution in [1.82, 2.24) is 10.6 Å². The highest BCUT2D eigenvalue weighted by molar-refractivity contribution is 7.89. The summed E-state index contributed by atoms with van der Waals surface area (Å²) in [6.45, 7) is 4.59. The lowest BCUT2D eigenvalue weighted by molar-refractivity contribution is 0.357. The number of rotatable bonds is 7. The molecule has 0 aromatic heterocycles. The summed E-state index contributed by atoms with van der Waals surface area (Å²) in [6.07, 6.45) is 1.84. The number of primary sulfonamides is 1. The summed E-state index contributed by atoms with van der Waals surface area (Å²) < 4.78 is 28.5. The van der Waals surface area contributed by atoms with Crippen molar-refractivity contribution in [2.24, 2.45) is 10.1 Å². The number of hydrogen-bond acceptors (Lipinski definition) is 4. The Bertz CT molecular complexity index is 958. The van der Waals surface area contributed by atoms with E-state index in [9.17, 15) is 8.42 Å². The highest BCUT2D eigenvalue weighted by Gasteiger charge is 2.12. The molecule has 4 N–H and O–H groups in total. The Morgan fingerprint density at radius 2 is 2.04 bits per heavy atom. The third-order valence-electron chi connectivity index (χ3n) is 4.45. The summed E-state index contributed by atoms with van der Waals surface area (Å²) in [4.78, 5) is 4.63. The molecule has 2 aromatic carbocycles. The van der Waals surface area contributed by atoms with Gasteiger partial charge in [-0.25, -0.2) is 18.5 Å². The molecule has 0 amide bonds.